The van der Waals surface area contributed by atoms with Gasteiger partial charge in [-0.15, -0.1) is 0 Å². The molecule has 0 aliphatic heterocycles. The number of hydrogen-bond donors (Lipinski definition) is 2. The van der Waals surface area contributed by atoms with Crippen LogP contribution in [0.15, 0.2) is 54.6 Å². The molecule has 0 spiro atoms. The summed E-state index contributed by atoms with van der Waals surface area (Å²) in [6.45, 7) is 1.90. The summed E-state index contributed by atoms with van der Waals surface area (Å²) in [4.78, 5) is 25.5. The van der Waals surface area contributed by atoms with Crippen LogP contribution in [0.5, 0.6) is 0 Å². The van der Waals surface area contributed by atoms with E-state index in [-0.39, 0.29) is 0 Å². The molecule has 2 aromatic rings. The molecule has 2 N–H and O–H groups in total. The van der Waals surface area contributed by atoms with Gasteiger partial charge in [-0.3, -0.25) is 0 Å². The van der Waals surface area contributed by atoms with Crippen molar-refractivity contribution in [3.8, 4) is 0 Å². The van der Waals surface area contributed by atoms with Crippen molar-refractivity contribution in [2.24, 2.45) is 0 Å². The number of hydrogen-bond acceptors (Lipinski definition) is 2. The third kappa shape index (κ3) is 3.60. The van der Waals surface area contributed by atoms with Crippen molar-refractivity contribution in [3.63, 3.8) is 0 Å². The lowest BCUT2D eigenvalue weighted by atomic mass is 10.2. The maximum absolute atomic E-state index is 12.4. The highest BCUT2D eigenvalue weighted by atomic mass is 16.2. The average Bonchev–Trinajstić information content (AvgIpc) is 2.48. The first-order valence-corrected chi connectivity index (χ1v) is 6.56. The largest absolute Gasteiger partial charge is 0.340 e. The molecular weight excluding hydrogens is 266 g/mol. The van der Waals surface area contributed by atoms with Crippen molar-refractivity contribution >= 4 is 23.4 Å². The highest BCUT2D eigenvalue weighted by Crippen LogP contribution is 2.18. The zero-order valence-electron chi connectivity index (χ0n) is 12.0. The number of rotatable bonds is 2. The molecule has 0 heterocycles. The van der Waals surface area contributed by atoms with Crippen LogP contribution in [0.3, 0.4) is 0 Å². The molecule has 0 aromatic heterocycles. The first kappa shape index (κ1) is 14.6. The second kappa shape index (κ2) is 6.56. The van der Waals surface area contributed by atoms with E-state index in [1.54, 1.807) is 30.3 Å². The fourth-order valence-electron chi connectivity index (χ4n) is 1.91. The molecular formula is C16H17N3O2. The van der Waals surface area contributed by atoms with E-state index in [0.717, 1.165) is 10.5 Å². The summed E-state index contributed by atoms with van der Waals surface area (Å²) in [6.07, 6.45) is 0. The molecule has 0 bridgehead atoms. The van der Waals surface area contributed by atoms with Crippen molar-refractivity contribution in [2.45, 2.75) is 6.92 Å². The Bertz CT molecular complexity index is 641. The molecule has 0 fully saturated rings. The van der Waals surface area contributed by atoms with Gasteiger partial charge in [-0.1, -0.05) is 30.3 Å². The Morgan fingerprint density at radius 1 is 0.952 bits per heavy atom. The lowest BCUT2D eigenvalue weighted by Crippen LogP contribution is -2.45. The maximum atomic E-state index is 12.4. The summed E-state index contributed by atoms with van der Waals surface area (Å²) in [5, 5.41) is 5.18. The quantitative estimate of drug-likeness (QED) is 0.887. The normalized spacial score (nSPS) is 9.81. The summed E-state index contributed by atoms with van der Waals surface area (Å²) in [5.41, 5.74) is 2.11. The third-order valence-corrected chi connectivity index (χ3v) is 2.90. The van der Waals surface area contributed by atoms with Gasteiger partial charge in [0.25, 0.3) is 0 Å². The number of nitrogens with one attached hydrogen (secondary N) is 2. The van der Waals surface area contributed by atoms with Gasteiger partial charge in [0, 0.05) is 12.7 Å². The minimum atomic E-state index is -0.508. The highest BCUT2D eigenvalue weighted by molar-refractivity contribution is 6.17. The monoisotopic (exact) mass is 283 g/mol. The van der Waals surface area contributed by atoms with E-state index in [1.165, 1.54) is 7.05 Å². The Hall–Kier alpha value is -2.82. The molecule has 0 unspecified atom stereocenters. The summed E-state index contributed by atoms with van der Waals surface area (Å²) in [5.74, 6) is 0. The van der Waals surface area contributed by atoms with Gasteiger partial charge >= 0.3 is 12.1 Å². The molecule has 5 heteroatoms. The number of para-hydroxylation sites is 1. The van der Waals surface area contributed by atoms with E-state index >= 15 is 0 Å². The van der Waals surface area contributed by atoms with Gasteiger partial charge in [-0.2, -0.15) is 0 Å². The highest BCUT2D eigenvalue weighted by Gasteiger charge is 2.22. The number of anilines is 2. The SMILES string of the molecule is CNC(=O)N(C(=O)Nc1ccccc1)c1cccc(C)c1. The Morgan fingerprint density at radius 3 is 2.29 bits per heavy atom. The number of nitrogens with zero attached hydrogens (tertiary/aromatic N) is 1. The van der Waals surface area contributed by atoms with Crippen molar-refractivity contribution < 1.29 is 9.59 Å². The van der Waals surface area contributed by atoms with E-state index in [1.807, 2.05) is 31.2 Å². The number of urea groups is 2. The molecule has 0 saturated heterocycles. The Labute approximate surface area is 123 Å². The number of carbonyl (C=O) groups excluding carboxylic acids is 2. The van der Waals surface area contributed by atoms with Crippen LogP contribution in [0, 0.1) is 6.92 Å². The van der Waals surface area contributed by atoms with Crippen molar-refractivity contribution in [1.29, 1.82) is 0 Å². The second-order valence-electron chi connectivity index (χ2n) is 4.53. The van der Waals surface area contributed by atoms with Gasteiger partial charge in [0.2, 0.25) is 0 Å². The van der Waals surface area contributed by atoms with E-state index < -0.39 is 12.1 Å². The Balaban J connectivity index is 2.28. The summed E-state index contributed by atoms with van der Waals surface area (Å²) >= 11 is 0. The molecule has 21 heavy (non-hydrogen) atoms. The predicted molar refractivity (Wildman–Crippen MR) is 83.6 cm³/mol. The summed E-state index contributed by atoms with van der Waals surface area (Å²) < 4.78 is 0. The number of amides is 4. The molecule has 0 aliphatic rings. The molecule has 0 aliphatic carbocycles. The fourth-order valence-corrected chi connectivity index (χ4v) is 1.91. The van der Waals surface area contributed by atoms with Crippen LogP contribution in [0.2, 0.25) is 0 Å². The Kier molecular flexibility index (Phi) is 4.56. The minimum Gasteiger partial charge on any atom is -0.340 e. The van der Waals surface area contributed by atoms with Gasteiger partial charge in [-0.05, 0) is 36.8 Å². The van der Waals surface area contributed by atoms with Gasteiger partial charge in [-0.25, -0.2) is 14.5 Å². The third-order valence-electron chi connectivity index (χ3n) is 2.90. The van der Waals surface area contributed by atoms with Gasteiger partial charge in [0.05, 0.1) is 5.69 Å². The number of benzene rings is 2. The standard InChI is InChI=1S/C16H17N3O2/c1-12-7-6-10-14(11-12)19(15(20)17-2)16(21)18-13-8-4-3-5-9-13/h3-11H,1-2H3,(H,17,20)(H,18,21). The predicted octanol–water partition coefficient (Wildman–Crippen LogP) is 3.37. The number of aryl methyl sites for hydroxylation is 1. The van der Waals surface area contributed by atoms with Crippen LogP contribution in [-0.4, -0.2) is 19.1 Å². The van der Waals surface area contributed by atoms with E-state index in [2.05, 4.69) is 10.6 Å². The maximum Gasteiger partial charge on any atom is 0.334 e. The fraction of sp³-hybridized carbons (Fsp3) is 0.125. The van der Waals surface area contributed by atoms with Crippen LogP contribution in [0.1, 0.15) is 5.56 Å². The zero-order valence-corrected chi connectivity index (χ0v) is 12.0. The van der Waals surface area contributed by atoms with E-state index in [0.29, 0.717) is 11.4 Å². The molecule has 4 amide bonds. The van der Waals surface area contributed by atoms with Crippen molar-refractivity contribution in [2.75, 3.05) is 17.3 Å². The topological polar surface area (TPSA) is 61.4 Å². The molecule has 108 valence electrons. The average molecular weight is 283 g/mol. The smallest absolute Gasteiger partial charge is 0.334 e. The van der Waals surface area contributed by atoms with Crippen LogP contribution in [0.25, 0.3) is 0 Å². The van der Waals surface area contributed by atoms with Crippen LogP contribution in [0.4, 0.5) is 21.0 Å². The van der Waals surface area contributed by atoms with Crippen LogP contribution < -0.4 is 15.5 Å². The molecule has 5 nitrogen and oxygen atoms in total. The van der Waals surface area contributed by atoms with Gasteiger partial charge in [0.15, 0.2) is 0 Å². The van der Waals surface area contributed by atoms with Gasteiger partial charge < -0.3 is 10.6 Å². The molecule has 0 radical (unpaired) electrons. The lowest BCUT2D eigenvalue weighted by molar-refractivity contribution is 0.241. The second-order valence-corrected chi connectivity index (χ2v) is 4.53. The molecule has 0 atom stereocenters. The molecule has 0 saturated carbocycles. The van der Waals surface area contributed by atoms with Crippen molar-refractivity contribution in [3.05, 3.63) is 60.2 Å². The lowest BCUT2D eigenvalue weighted by Gasteiger charge is -2.21. The number of carbonyl (C=O) groups is 2. The summed E-state index contributed by atoms with van der Waals surface area (Å²) in [7, 11) is 1.49. The van der Waals surface area contributed by atoms with Crippen molar-refractivity contribution in [1.82, 2.24) is 5.32 Å². The van der Waals surface area contributed by atoms with Gasteiger partial charge in [0.1, 0.15) is 0 Å². The Morgan fingerprint density at radius 2 is 1.67 bits per heavy atom. The zero-order chi connectivity index (χ0) is 15.2. The first-order valence-electron chi connectivity index (χ1n) is 6.56. The van der Waals surface area contributed by atoms with E-state index in [9.17, 15) is 9.59 Å². The number of imide groups is 1. The van der Waals surface area contributed by atoms with E-state index in [4.69, 9.17) is 0 Å². The summed E-state index contributed by atoms with van der Waals surface area (Å²) in [6, 6.07) is 15.2. The van der Waals surface area contributed by atoms with Crippen LogP contribution in [-0.2, 0) is 0 Å². The molecule has 2 rings (SSSR count). The first-order chi connectivity index (χ1) is 10.1. The minimum absolute atomic E-state index is 0.492. The molecule has 2 aromatic carbocycles. The van der Waals surface area contributed by atoms with Crippen LogP contribution >= 0.6 is 0 Å².